The lowest BCUT2D eigenvalue weighted by molar-refractivity contribution is -0.131. The number of likely N-dealkylation sites (tertiary alicyclic amines) is 2. The highest BCUT2D eigenvalue weighted by Crippen LogP contribution is 2.21. The van der Waals surface area contributed by atoms with E-state index in [4.69, 9.17) is 0 Å². The van der Waals surface area contributed by atoms with Gasteiger partial charge >= 0.3 is 0 Å². The number of hydrogen-bond acceptors (Lipinski definition) is 3. The normalized spacial score (nSPS) is 27.9. The van der Waals surface area contributed by atoms with Crippen LogP contribution in [0, 0.1) is 6.54 Å². The van der Waals surface area contributed by atoms with Crippen LogP contribution in [0.4, 0.5) is 0 Å². The van der Waals surface area contributed by atoms with Gasteiger partial charge in [0.05, 0.1) is 6.17 Å². The molecule has 1 N–H and O–H groups in total. The first-order valence-electron chi connectivity index (χ1n) is 6.73. The van der Waals surface area contributed by atoms with E-state index in [0.717, 1.165) is 38.8 Å². The van der Waals surface area contributed by atoms with Crippen LogP contribution in [0.2, 0.25) is 0 Å². The Morgan fingerprint density at radius 3 is 2.33 bits per heavy atom. The van der Waals surface area contributed by atoms with Crippen LogP contribution in [0.5, 0.6) is 0 Å². The number of rotatable bonds is 3. The van der Waals surface area contributed by atoms with Gasteiger partial charge in [0, 0.05) is 26.9 Å². The molecule has 0 aromatic carbocycles. The number of carbonyl (C=O) groups excluding carboxylic acids is 2. The Morgan fingerprint density at radius 2 is 1.67 bits per heavy atom. The van der Waals surface area contributed by atoms with Crippen molar-refractivity contribution in [2.45, 2.75) is 51.7 Å². The summed E-state index contributed by atoms with van der Waals surface area (Å²) in [6.45, 7) is 6.91. The van der Waals surface area contributed by atoms with Crippen LogP contribution in [0.3, 0.4) is 0 Å². The Morgan fingerprint density at radius 1 is 1.06 bits per heavy atom. The maximum atomic E-state index is 11.4. The second-order valence-corrected chi connectivity index (χ2v) is 5.13. The molecule has 2 amide bonds. The van der Waals surface area contributed by atoms with E-state index in [1.165, 1.54) is 0 Å². The van der Waals surface area contributed by atoms with E-state index >= 15 is 0 Å². The van der Waals surface area contributed by atoms with Crippen molar-refractivity contribution >= 4 is 11.8 Å². The van der Waals surface area contributed by atoms with E-state index in [-0.39, 0.29) is 24.0 Å². The molecule has 0 aromatic heterocycles. The first kappa shape index (κ1) is 13.3. The van der Waals surface area contributed by atoms with Gasteiger partial charge in [-0.15, -0.1) is 0 Å². The van der Waals surface area contributed by atoms with E-state index in [1.54, 1.807) is 13.8 Å². The largest absolute Gasteiger partial charge is 0.449 e. The smallest absolute Gasteiger partial charge is 0.220 e. The molecular formula is C13H22N3O2-. The van der Waals surface area contributed by atoms with Crippen molar-refractivity contribution in [3.05, 3.63) is 6.54 Å². The average molecular weight is 252 g/mol. The second-order valence-electron chi connectivity index (χ2n) is 5.13. The molecule has 0 aliphatic carbocycles. The molecule has 2 unspecified atom stereocenters. The molecule has 102 valence electrons. The molecule has 2 saturated heterocycles. The molecule has 0 radical (unpaired) electrons. The standard InChI is InChI=1S/C13H22N3O2/c1-10(17)15-7-3-5-12(15)9-14-13-6-4-8-16(13)11(2)18/h9,12-14H,3-8H2,1-2H3/q-1. The molecule has 2 aliphatic heterocycles. The van der Waals surface area contributed by atoms with E-state index in [2.05, 4.69) is 5.32 Å². The Bertz CT molecular complexity index is 300. The number of nitrogens with zero attached hydrogens (tertiary/aromatic N) is 2. The molecule has 0 bridgehead atoms. The summed E-state index contributed by atoms with van der Waals surface area (Å²) in [7, 11) is 0. The highest BCUT2D eigenvalue weighted by molar-refractivity contribution is 5.74. The van der Waals surface area contributed by atoms with Gasteiger partial charge in [-0.25, -0.2) is 6.54 Å². The number of hydrogen-bond donors (Lipinski definition) is 1. The third kappa shape index (κ3) is 2.83. The lowest BCUT2D eigenvalue weighted by Gasteiger charge is -2.36. The number of nitrogens with one attached hydrogen (secondary N) is 1. The topological polar surface area (TPSA) is 52.7 Å². The quantitative estimate of drug-likeness (QED) is 0.753. The van der Waals surface area contributed by atoms with E-state index in [1.807, 2.05) is 16.3 Å². The minimum atomic E-state index is 0.108. The Labute approximate surface area is 108 Å². The van der Waals surface area contributed by atoms with Crippen molar-refractivity contribution in [1.82, 2.24) is 15.1 Å². The molecule has 2 heterocycles. The van der Waals surface area contributed by atoms with Gasteiger partial charge in [-0.05, 0) is 19.3 Å². The van der Waals surface area contributed by atoms with Crippen molar-refractivity contribution in [3.63, 3.8) is 0 Å². The maximum Gasteiger partial charge on any atom is 0.220 e. The predicted molar refractivity (Wildman–Crippen MR) is 68.3 cm³/mol. The monoisotopic (exact) mass is 252 g/mol. The van der Waals surface area contributed by atoms with Crippen molar-refractivity contribution in [2.75, 3.05) is 13.1 Å². The third-order valence-electron chi connectivity index (χ3n) is 3.84. The first-order valence-corrected chi connectivity index (χ1v) is 6.73. The zero-order chi connectivity index (χ0) is 13.1. The third-order valence-corrected chi connectivity index (χ3v) is 3.84. The van der Waals surface area contributed by atoms with Gasteiger partial charge in [0.15, 0.2) is 0 Å². The SMILES string of the molecule is CC(=O)N1CCCC1[CH-]NC1CCCN1C(C)=O. The van der Waals surface area contributed by atoms with E-state index in [0.29, 0.717) is 0 Å². The minimum Gasteiger partial charge on any atom is -0.449 e. The Balaban J connectivity index is 1.84. The van der Waals surface area contributed by atoms with Crippen molar-refractivity contribution in [1.29, 1.82) is 0 Å². The van der Waals surface area contributed by atoms with Crippen LogP contribution in [-0.4, -0.2) is 46.9 Å². The maximum absolute atomic E-state index is 11.4. The number of amides is 2. The zero-order valence-corrected chi connectivity index (χ0v) is 11.2. The van der Waals surface area contributed by atoms with Crippen LogP contribution >= 0.6 is 0 Å². The van der Waals surface area contributed by atoms with Crippen LogP contribution in [0.25, 0.3) is 0 Å². The Kier molecular flexibility index (Phi) is 4.22. The van der Waals surface area contributed by atoms with Gasteiger partial charge in [-0.2, -0.15) is 0 Å². The summed E-state index contributed by atoms with van der Waals surface area (Å²) < 4.78 is 0. The highest BCUT2D eigenvalue weighted by Gasteiger charge is 2.25. The predicted octanol–water partition coefficient (Wildman–Crippen LogP) is 0.717. The van der Waals surface area contributed by atoms with Crippen molar-refractivity contribution < 1.29 is 9.59 Å². The number of carbonyl (C=O) groups is 2. The lowest BCUT2D eigenvalue weighted by Crippen LogP contribution is -2.46. The van der Waals surface area contributed by atoms with Gasteiger partial charge in [0.1, 0.15) is 0 Å². The molecule has 2 rings (SSSR count). The molecule has 0 aromatic rings. The second kappa shape index (κ2) is 5.69. The molecule has 2 atom stereocenters. The molecule has 2 fully saturated rings. The molecular weight excluding hydrogens is 230 g/mol. The van der Waals surface area contributed by atoms with Crippen LogP contribution in [0.15, 0.2) is 0 Å². The van der Waals surface area contributed by atoms with Gasteiger partial charge in [0.25, 0.3) is 0 Å². The summed E-state index contributed by atoms with van der Waals surface area (Å²) in [6.07, 6.45) is 4.22. The summed E-state index contributed by atoms with van der Waals surface area (Å²) in [4.78, 5) is 26.6. The molecule has 0 saturated carbocycles. The minimum absolute atomic E-state index is 0.108. The molecule has 5 heteroatoms. The average Bonchev–Trinajstić information content (AvgIpc) is 2.94. The van der Waals surface area contributed by atoms with Crippen molar-refractivity contribution in [2.24, 2.45) is 0 Å². The van der Waals surface area contributed by atoms with Crippen LogP contribution < -0.4 is 5.32 Å². The van der Waals surface area contributed by atoms with Gasteiger partial charge in [-0.1, -0.05) is 12.5 Å². The Hall–Kier alpha value is -1.10. The van der Waals surface area contributed by atoms with Gasteiger partial charge in [-0.3, -0.25) is 9.59 Å². The van der Waals surface area contributed by atoms with E-state index < -0.39 is 0 Å². The molecule has 18 heavy (non-hydrogen) atoms. The fourth-order valence-electron chi connectivity index (χ4n) is 2.90. The summed E-state index contributed by atoms with van der Waals surface area (Å²) in [6, 6.07) is 0.178. The lowest BCUT2D eigenvalue weighted by atomic mass is 10.2. The van der Waals surface area contributed by atoms with Gasteiger partial charge < -0.3 is 15.1 Å². The summed E-state index contributed by atoms with van der Waals surface area (Å²) in [5.41, 5.74) is 0. The zero-order valence-electron chi connectivity index (χ0n) is 11.2. The molecule has 0 spiro atoms. The first-order chi connectivity index (χ1) is 8.59. The van der Waals surface area contributed by atoms with Gasteiger partial charge in [0.2, 0.25) is 11.8 Å². The van der Waals surface area contributed by atoms with Crippen LogP contribution in [0.1, 0.15) is 39.5 Å². The summed E-state index contributed by atoms with van der Waals surface area (Å²) in [5.74, 6) is 0.249. The molecule has 5 nitrogen and oxygen atoms in total. The van der Waals surface area contributed by atoms with E-state index in [9.17, 15) is 9.59 Å². The summed E-state index contributed by atoms with van der Waals surface area (Å²) >= 11 is 0. The fourth-order valence-corrected chi connectivity index (χ4v) is 2.90. The summed E-state index contributed by atoms with van der Waals surface area (Å²) in [5, 5.41) is 3.33. The highest BCUT2D eigenvalue weighted by atomic mass is 16.2. The van der Waals surface area contributed by atoms with Crippen LogP contribution in [-0.2, 0) is 9.59 Å². The van der Waals surface area contributed by atoms with Crippen molar-refractivity contribution in [3.8, 4) is 0 Å². The molecule has 2 aliphatic rings. The fraction of sp³-hybridized carbons (Fsp3) is 0.769.